The zero-order valence-corrected chi connectivity index (χ0v) is 11.1. The maximum absolute atomic E-state index is 12.3. The molecule has 0 saturated carbocycles. The number of rotatable bonds is 6. The lowest BCUT2D eigenvalue weighted by Gasteiger charge is -2.10. The van der Waals surface area contributed by atoms with E-state index in [1.807, 2.05) is 0 Å². The minimum atomic E-state index is -0.485. The van der Waals surface area contributed by atoms with Gasteiger partial charge in [0.25, 0.3) is 0 Å². The number of fused-ring (bicyclic) bond motifs is 1. The molecule has 102 valence electrons. The Hall–Kier alpha value is -1.77. The fraction of sp³-hybridized carbons (Fsp3) is 0.438. The summed E-state index contributed by atoms with van der Waals surface area (Å²) in [5.41, 5.74) is -0.253. The van der Waals surface area contributed by atoms with E-state index in [0.29, 0.717) is 12.1 Å². The van der Waals surface area contributed by atoms with Crippen LogP contribution in [0.25, 0.3) is 10.9 Å². The Morgan fingerprint density at radius 1 is 1.21 bits per heavy atom. The molecule has 1 heterocycles. The Morgan fingerprint density at radius 2 is 1.95 bits per heavy atom. The second-order valence-electron chi connectivity index (χ2n) is 4.70. The van der Waals surface area contributed by atoms with E-state index in [1.54, 1.807) is 0 Å². The second-order valence-corrected chi connectivity index (χ2v) is 4.70. The van der Waals surface area contributed by atoms with Crippen LogP contribution >= 0.6 is 0 Å². The highest BCUT2D eigenvalue weighted by atomic mass is 16.5. The topological polar surface area (TPSA) is 42.2 Å². The van der Waals surface area contributed by atoms with Gasteiger partial charge in [0.15, 0.2) is 5.43 Å². The standard InChI is InChI=1S/C16H21NO2/c1-2-3-4-5-6-9-13-12-16(18)14-10-7-8-11-15(14)17(13)19/h7-8,10-12,19H,2-6,9H2,1H3/i7D,8D,10D,11D. The predicted molar refractivity (Wildman–Crippen MR) is 77.9 cm³/mol. The molecule has 1 N–H and O–H groups in total. The average molecular weight is 263 g/mol. The highest BCUT2D eigenvalue weighted by molar-refractivity contribution is 5.78. The Kier molecular flexibility index (Phi) is 3.10. The van der Waals surface area contributed by atoms with Gasteiger partial charge in [-0.1, -0.05) is 44.7 Å². The minimum Gasteiger partial charge on any atom is -0.428 e. The monoisotopic (exact) mass is 263 g/mol. The zero-order chi connectivity index (χ0) is 17.1. The average Bonchev–Trinajstić information content (AvgIpc) is 2.53. The lowest BCUT2D eigenvalue weighted by Crippen LogP contribution is -2.12. The molecule has 0 aliphatic heterocycles. The predicted octanol–water partition coefficient (Wildman–Crippen LogP) is 3.75. The van der Waals surface area contributed by atoms with Crippen molar-refractivity contribution in [3.05, 3.63) is 46.2 Å². The first-order valence-electron chi connectivity index (χ1n) is 8.74. The van der Waals surface area contributed by atoms with Crippen LogP contribution in [0.1, 0.15) is 50.2 Å². The van der Waals surface area contributed by atoms with Crippen molar-refractivity contribution >= 4 is 10.9 Å². The third-order valence-electron chi connectivity index (χ3n) is 3.23. The summed E-state index contributed by atoms with van der Waals surface area (Å²) >= 11 is 0. The van der Waals surface area contributed by atoms with Crippen LogP contribution in [-0.4, -0.2) is 9.94 Å². The molecule has 2 rings (SSSR count). The van der Waals surface area contributed by atoms with E-state index in [4.69, 9.17) is 5.48 Å². The van der Waals surface area contributed by atoms with E-state index in [-0.39, 0.29) is 10.9 Å². The van der Waals surface area contributed by atoms with Crippen LogP contribution in [0, 0.1) is 0 Å². The van der Waals surface area contributed by atoms with Crippen molar-refractivity contribution in [1.82, 2.24) is 4.73 Å². The first-order chi connectivity index (χ1) is 10.9. The van der Waals surface area contributed by atoms with E-state index in [1.165, 1.54) is 6.07 Å². The molecule has 2 aromatic rings. The van der Waals surface area contributed by atoms with Crippen LogP contribution in [0.15, 0.2) is 35.0 Å². The Bertz CT molecular complexity index is 786. The molecule has 0 fully saturated rings. The quantitative estimate of drug-likeness (QED) is 0.637. The molecular formula is C16H21NO2. The van der Waals surface area contributed by atoms with Crippen LogP contribution in [0.2, 0.25) is 0 Å². The third kappa shape index (κ3) is 3.16. The maximum atomic E-state index is 12.3. The molecule has 0 spiro atoms. The Balaban J connectivity index is 2.47. The molecule has 1 aromatic carbocycles. The summed E-state index contributed by atoms with van der Waals surface area (Å²) in [5.74, 6) is 0. The van der Waals surface area contributed by atoms with Gasteiger partial charge in [-0.2, -0.15) is 4.73 Å². The van der Waals surface area contributed by atoms with Crippen molar-refractivity contribution in [3.63, 3.8) is 0 Å². The molecule has 0 saturated heterocycles. The number of hydrogen-bond donors (Lipinski definition) is 1. The number of para-hydroxylation sites is 1. The molecule has 0 aliphatic carbocycles. The van der Waals surface area contributed by atoms with Crippen LogP contribution in [0.5, 0.6) is 0 Å². The number of pyridine rings is 1. The molecule has 0 unspecified atom stereocenters. The minimum absolute atomic E-state index is 0.146. The zero-order valence-electron chi connectivity index (χ0n) is 15.1. The maximum Gasteiger partial charge on any atom is 0.189 e. The first-order valence-corrected chi connectivity index (χ1v) is 6.74. The van der Waals surface area contributed by atoms with Crippen LogP contribution in [0.3, 0.4) is 0 Å². The van der Waals surface area contributed by atoms with Crippen molar-refractivity contribution in [3.8, 4) is 0 Å². The van der Waals surface area contributed by atoms with Crippen molar-refractivity contribution in [1.29, 1.82) is 0 Å². The van der Waals surface area contributed by atoms with E-state index in [9.17, 15) is 10.0 Å². The normalized spacial score (nSPS) is 13.9. The van der Waals surface area contributed by atoms with E-state index in [2.05, 4.69) is 6.92 Å². The van der Waals surface area contributed by atoms with Gasteiger partial charge < -0.3 is 5.21 Å². The van der Waals surface area contributed by atoms with E-state index in [0.717, 1.165) is 36.8 Å². The number of hydrogen-bond acceptors (Lipinski definition) is 2. The highest BCUT2D eigenvalue weighted by Crippen LogP contribution is 2.13. The lowest BCUT2D eigenvalue weighted by atomic mass is 10.1. The second kappa shape index (κ2) is 6.41. The highest BCUT2D eigenvalue weighted by Gasteiger charge is 2.07. The lowest BCUT2D eigenvalue weighted by molar-refractivity contribution is 0.187. The number of unbranched alkanes of at least 4 members (excludes halogenated alkanes) is 4. The van der Waals surface area contributed by atoms with Crippen molar-refractivity contribution in [2.75, 3.05) is 0 Å². The smallest absolute Gasteiger partial charge is 0.189 e. The van der Waals surface area contributed by atoms with Gasteiger partial charge in [-0.25, -0.2) is 0 Å². The van der Waals surface area contributed by atoms with Crippen LogP contribution in [-0.2, 0) is 6.42 Å². The molecule has 19 heavy (non-hydrogen) atoms. The summed E-state index contributed by atoms with van der Waals surface area (Å²) in [4.78, 5) is 12.3. The Morgan fingerprint density at radius 3 is 2.74 bits per heavy atom. The van der Waals surface area contributed by atoms with Gasteiger partial charge in [0.05, 0.1) is 16.7 Å². The third-order valence-corrected chi connectivity index (χ3v) is 3.23. The number of aryl methyl sites for hydroxylation is 1. The molecular weight excluding hydrogens is 238 g/mol. The molecule has 0 bridgehead atoms. The van der Waals surface area contributed by atoms with Crippen molar-refractivity contribution in [2.24, 2.45) is 0 Å². The molecule has 0 amide bonds. The summed E-state index contributed by atoms with van der Waals surface area (Å²) < 4.78 is 31.8. The molecule has 0 atom stereocenters. The molecule has 0 radical (unpaired) electrons. The molecule has 3 nitrogen and oxygen atoms in total. The van der Waals surface area contributed by atoms with Gasteiger partial charge in [-0.3, -0.25) is 4.79 Å². The number of aromatic nitrogens is 1. The van der Waals surface area contributed by atoms with Crippen molar-refractivity contribution < 1.29 is 10.7 Å². The summed E-state index contributed by atoms with van der Waals surface area (Å²) in [7, 11) is 0. The summed E-state index contributed by atoms with van der Waals surface area (Å²) in [5, 5.41) is 10.2. The SMILES string of the molecule is [2H]c1c([2H])c([2H])c2c(c1[2H])c(=O)cc(CCCCCCC)n2O. The van der Waals surface area contributed by atoms with Gasteiger partial charge in [-0.15, -0.1) is 0 Å². The van der Waals surface area contributed by atoms with Gasteiger partial charge in [0.2, 0.25) is 0 Å². The van der Waals surface area contributed by atoms with Gasteiger partial charge in [-0.05, 0) is 24.9 Å². The number of nitrogens with zero attached hydrogens (tertiary/aromatic N) is 1. The van der Waals surface area contributed by atoms with Gasteiger partial charge in [0, 0.05) is 11.5 Å². The molecule has 0 aliphatic rings. The fourth-order valence-electron chi connectivity index (χ4n) is 2.16. The molecule has 1 aromatic heterocycles. The van der Waals surface area contributed by atoms with Crippen molar-refractivity contribution in [2.45, 2.75) is 45.4 Å². The van der Waals surface area contributed by atoms with E-state index < -0.39 is 29.6 Å². The summed E-state index contributed by atoms with van der Waals surface area (Å²) in [6.07, 6.45) is 5.69. The molecule has 3 heteroatoms. The first kappa shape index (κ1) is 9.18. The summed E-state index contributed by atoms with van der Waals surface area (Å²) in [6, 6.07) is -0.462. The Labute approximate surface area is 119 Å². The van der Waals surface area contributed by atoms with Gasteiger partial charge >= 0.3 is 0 Å². The summed E-state index contributed by atoms with van der Waals surface area (Å²) in [6.45, 7) is 2.13. The van der Waals surface area contributed by atoms with Crippen LogP contribution < -0.4 is 5.43 Å². The number of benzene rings is 1. The fourth-order valence-corrected chi connectivity index (χ4v) is 2.16. The van der Waals surface area contributed by atoms with E-state index >= 15 is 0 Å². The van der Waals surface area contributed by atoms with Gasteiger partial charge in [0.1, 0.15) is 0 Å². The largest absolute Gasteiger partial charge is 0.428 e. The van der Waals surface area contributed by atoms with Crippen LogP contribution in [0.4, 0.5) is 0 Å².